The largest absolute Gasteiger partial charge is 0.344 e. The maximum absolute atomic E-state index is 5.06. The molecule has 2 rings (SSSR count). The minimum atomic E-state index is 0.627. The first-order valence-corrected chi connectivity index (χ1v) is 5.07. The standard InChI is InChI=1S/C8H7N3S2/c1-5-7(6-2-13-4-11-6)9-3-10-8(5)12/h2-4H,1H3,(H,9,10,12). The topological polar surface area (TPSA) is 41.6 Å². The Morgan fingerprint density at radius 1 is 1.46 bits per heavy atom. The molecule has 0 bridgehead atoms. The van der Waals surface area contributed by atoms with E-state index in [1.54, 1.807) is 23.2 Å². The first kappa shape index (κ1) is 8.52. The molecule has 0 spiro atoms. The van der Waals surface area contributed by atoms with Crippen molar-refractivity contribution in [1.29, 1.82) is 0 Å². The van der Waals surface area contributed by atoms with E-state index in [-0.39, 0.29) is 0 Å². The second-order valence-electron chi connectivity index (χ2n) is 2.58. The van der Waals surface area contributed by atoms with E-state index in [4.69, 9.17) is 12.2 Å². The van der Waals surface area contributed by atoms with Crippen molar-refractivity contribution in [3.05, 3.63) is 27.4 Å². The van der Waals surface area contributed by atoms with Crippen LogP contribution in [-0.4, -0.2) is 15.0 Å². The van der Waals surface area contributed by atoms with Crippen molar-refractivity contribution in [3.8, 4) is 11.4 Å². The van der Waals surface area contributed by atoms with Crippen LogP contribution in [0, 0.1) is 11.6 Å². The van der Waals surface area contributed by atoms with Crippen LogP contribution in [-0.2, 0) is 0 Å². The normalized spacial score (nSPS) is 10.2. The van der Waals surface area contributed by atoms with Crippen molar-refractivity contribution in [2.75, 3.05) is 0 Å². The number of hydrogen-bond donors (Lipinski definition) is 1. The lowest BCUT2D eigenvalue weighted by atomic mass is 10.2. The molecule has 0 fully saturated rings. The number of aromatic nitrogens is 3. The van der Waals surface area contributed by atoms with Gasteiger partial charge in [-0.05, 0) is 6.92 Å². The van der Waals surface area contributed by atoms with E-state index in [0.29, 0.717) is 4.64 Å². The average molecular weight is 209 g/mol. The summed E-state index contributed by atoms with van der Waals surface area (Å²) >= 11 is 6.62. The molecule has 0 aliphatic carbocycles. The Morgan fingerprint density at radius 3 is 3.00 bits per heavy atom. The minimum absolute atomic E-state index is 0.627. The van der Waals surface area contributed by atoms with Crippen molar-refractivity contribution < 1.29 is 0 Å². The van der Waals surface area contributed by atoms with E-state index in [2.05, 4.69) is 15.0 Å². The highest BCUT2D eigenvalue weighted by Gasteiger charge is 2.04. The Morgan fingerprint density at radius 2 is 2.31 bits per heavy atom. The minimum Gasteiger partial charge on any atom is -0.344 e. The zero-order chi connectivity index (χ0) is 9.26. The van der Waals surface area contributed by atoms with Gasteiger partial charge in [-0.1, -0.05) is 12.2 Å². The van der Waals surface area contributed by atoms with Crippen LogP contribution in [0.3, 0.4) is 0 Å². The summed E-state index contributed by atoms with van der Waals surface area (Å²) in [5.74, 6) is 0. The number of rotatable bonds is 1. The van der Waals surface area contributed by atoms with Crippen LogP contribution in [0.5, 0.6) is 0 Å². The fourth-order valence-electron chi connectivity index (χ4n) is 1.07. The summed E-state index contributed by atoms with van der Waals surface area (Å²) in [4.78, 5) is 11.2. The fraction of sp³-hybridized carbons (Fsp3) is 0.125. The van der Waals surface area contributed by atoms with Gasteiger partial charge in [0.05, 0.1) is 23.2 Å². The molecule has 66 valence electrons. The number of nitrogens with one attached hydrogen (secondary N) is 1. The molecule has 2 aromatic heterocycles. The van der Waals surface area contributed by atoms with Gasteiger partial charge in [-0.15, -0.1) is 11.3 Å². The zero-order valence-corrected chi connectivity index (χ0v) is 8.58. The number of thiazole rings is 1. The highest BCUT2D eigenvalue weighted by molar-refractivity contribution is 7.71. The van der Waals surface area contributed by atoms with Gasteiger partial charge in [-0.3, -0.25) is 0 Å². The average Bonchev–Trinajstić information content (AvgIpc) is 2.62. The number of hydrogen-bond acceptors (Lipinski definition) is 4. The highest BCUT2D eigenvalue weighted by atomic mass is 32.1. The molecule has 2 heterocycles. The third kappa shape index (κ3) is 1.52. The molecular weight excluding hydrogens is 202 g/mol. The number of aromatic amines is 1. The second kappa shape index (κ2) is 3.35. The van der Waals surface area contributed by atoms with Crippen molar-refractivity contribution >= 4 is 23.6 Å². The molecule has 0 aliphatic heterocycles. The summed E-state index contributed by atoms with van der Waals surface area (Å²) in [5.41, 5.74) is 4.66. The summed E-state index contributed by atoms with van der Waals surface area (Å²) in [5, 5.41) is 1.98. The predicted octanol–water partition coefficient (Wildman–Crippen LogP) is 2.57. The van der Waals surface area contributed by atoms with E-state index in [1.165, 1.54) is 0 Å². The summed E-state index contributed by atoms with van der Waals surface area (Å²) in [6.07, 6.45) is 1.60. The maximum Gasteiger partial charge on any atom is 0.132 e. The number of nitrogens with zero attached hydrogens (tertiary/aromatic N) is 2. The lowest BCUT2D eigenvalue weighted by molar-refractivity contribution is 1.11. The molecule has 1 N–H and O–H groups in total. The van der Waals surface area contributed by atoms with Gasteiger partial charge in [0.15, 0.2) is 0 Å². The molecule has 0 saturated carbocycles. The Bertz CT molecular complexity index is 458. The molecule has 0 amide bonds. The van der Waals surface area contributed by atoms with Crippen LogP contribution < -0.4 is 0 Å². The molecule has 0 aliphatic rings. The van der Waals surface area contributed by atoms with Gasteiger partial charge in [0.25, 0.3) is 0 Å². The highest BCUT2D eigenvalue weighted by Crippen LogP contribution is 2.19. The first-order chi connectivity index (χ1) is 6.29. The lowest BCUT2D eigenvalue weighted by Gasteiger charge is -2.00. The molecule has 3 nitrogen and oxygen atoms in total. The van der Waals surface area contributed by atoms with Crippen LogP contribution in [0.15, 0.2) is 17.2 Å². The van der Waals surface area contributed by atoms with Crippen LogP contribution >= 0.6 is 23.6 Å². The van der Waals surface area contributed by atoms with Crippen molar-refractivity contribution in [2.24, 2.45) is 0 Å². The molecule has 2 aromatic rings. The Labute approximate surface area is 84.5 Å². The van der Waals surface area contributed by atoms with Gasteiger partial charge in [0, 0.05) is 10.9 Å². The smallest absolute Gasteiger partial charge is 0.132 e. The monoisotopic (exact) mass is 209 g/mol. The summed E-state index contributed by atoms with van der Waals surface area (Å²) < 4.78 is 0.627. The Hall–Kier alpha value is -1.07. The second-order valence-corrected chi connectivity index (χ2v) is 3.69. The van der Waals surface area contributed by atoms with Crippen LogP contribution in [0.1, 0.15) is 5.56 Å². The SMILES string of the molecule is Cc1c(-c2cscn2)[nH]cnc1=S. The first-order valence-electron chi connectivity index (χ1n) is 3.72. The van der Waals surface area contributed by atoms with Crippen molar-refractivity contribution in [3.63, 3.8) is 0 Å². The molecule has 0 unspecified atom stereocenters. The molecule has 13 heavy (non-hydrogen) atoms. The van der Waals surface area contributed by atoms with Gasteiger partial charge >= 0.3 is 0 Å². The fourth-order valence-corrected chi connectivity index (χ4v) is 1.77. The van der Waals surface area contributed by atoms with Crippen LogP contribution in [0.4, 0.5) is 0 Å². The predicted molar refractivity (Wildman–Crippen MR) is 55.3 cm³/mol. The summed E-state index contributed by atoms with van der Waals surface area (Å²) in [6.45, 7) is 1.94. The summed E-state index contributed by atoms with van der Waals surface area (Å²) in [7, 11) is 0. The Kier molecular flexibility index (Phi) is 2.20. The van der Waals surface area contributed by atoms with Gasteiger partial charge < -0.3 is 4.98 Å². The van der Waals surface area contributed by atoms with Crippen molar-refractivity contribution in [2.45, 2.75) is 6.92 Å². The van der Waals surface area contributed by atoms with E-state index in [0.717, 1.165) is 17.0 Å². The molecule has 5 heteroatoms. The van der Waals surface area contributed by atoms with E-state index < -0.39 is 0 Å². The summed E-state index contributed by atoms with van der Waals surface area (Å²) in [6, 6.07) is 0. The quantitative estimate of drug-likeness (QED) is 0.734. The number of H-pyrrole nitrogens is 1. The molecule has 0 aromatic carbocycles. The zero-order valence-electron chi connectivity index (χ0n) is 6.94. The van der Waals surface area contributed by atoms with E-state index >= 15 is 0 Å². The molecule has 0 radical (unpaired) electrons. The molecule has 0 saturated heterocycles. The van der Waals surface area contributed by atoms with Crippen LogP contribution in [0.25, 0.3) is 11.4 Å². The van der Waals surface area contributed by atoms with Gasteiger partial charge in [-0.2, -0.15) is 0 Å². The third-order valence-corrected chi connectivity index (χ3v) is 2.77. The van der Waals surface area contributed by atoms with E-state index in [1.807, 2.05) is 12.3 Å². The van der Waals surface area contributed by atoms with Crippen LogP contribution in [0.2, 0.25) is 0 Å². The van der Waals surface area contributed by atoms with Gasteiger partial charge in [0.2, 0.25) is 0 Å². The third-order valence-electron chi connectivity index (χ3n) is 1.77. The Balaban J connectivity index is 2.66. The maximum atomic E-state index is 5.06. The lowest BCUT2D eigenvalue weighted by Crippen LogP contribution is -1.91. The van der Waals surface area contributed by atoms with E-state index in [9.17, 15) is 0 Å². The van der Waals surface area contributed by atoms with Gasteiger partial charge in [0.1, 0.15) is 4.64 Å². The van der Waals surface area contributed by atoms with Gasteiger partial charge in [-0.25, -0.2) is 9.97 Å². The molecule has 0 atom stereocenters. The molecular formula is C8H7N3S2. The van der Waals surface area contributed by atoms with Crippen molar-refractivity contribution in [1.82, 2.24) is 15.0 Å².